The number of rotatable bonds is 2. The summed E-state index contributed by atoms with van der Waals surface area (Å²) in [6.07, 6.45) is 1.39. The van der Waals surface area contributed by atoms with Crippen molar-refractivity contribution in [1.82, 2.24) is 15.1 Å². The zero-order chi connectivity index (χ0) is 15.7. The molecule has 0 spiro atoms. The van der Waals surface area contributed by atoms with Crippen LogP contribution in [0.4, 0.5) is 5.69 Å². The molecule has 1 aromatic carbocycles. The van der Waals surface area contributed by atoms with Crippen molar-refractivity contribution < 1.29 is 9.59 Å². The highest BCUT2D eigenvalue weighted by Gasteiger charge is 2.28. The molecule has 0 aliphatic carbocycles. The van der Waals surface area contributed by atoms with Gasteiger partial charge >= 0.3 is 0 Å². The van der Waals surface area contributed by atoms with Crippen LogP contribution in [0.1, 0.15) is 33.3 Å². The number of amides is 2. The maximum Gasteiger partial charge on any atom is 0.270 e. The second kappa shape index (κ2) is 5.33. The van der Waals surface area contributed by atoms with Crippen molar-refractivity contribution >= 4 is 17.5 Å². The average molecular weight is 295 g/mol. The van der Waals surface area contributed by atoms with Crippen LogP contribution >= 0.6 is 0 Å². The molecular formula is C15H13N5O2. The second-order valence-electron chi connectivity index (χ2n) is 5.11. The lowest BCUT2D eigenvalue weighted by atomic mass is 10.1. The van der Waals surface area contributed by atoms with Crippen LogP contribution in [0, 0.1) is 11.3 Å². The fourth-order valence-corrected chi connectivity index (χ4v) is 2.39. The molecule has 0 bridgehead atoms. The molecule has 7 nitrogen and oxygen atoms in total. The molecule has 3 rings (SSSR count). The van der Waals surface area contributed by atoms with E-state index in [1.165, 1.54) is 10.9 Å². The van der Waals surface area contributed by atoms with Crippen molar-refractivity contribution in [3.05, 3.63) is 47.3 Å². The van der Waals surface area contributed by atoms with Gasteiger partial charge in [0.05, 0.1) is 29.9 Å². The third-order valence-corrected chi connectivity index (χ3v) is 3.37. The van der Waals surface area contributed by atoms with Crippen LogP contribution in [-0.2, 0) is 6.54 Å². The third-order valence-electron chi connectivity index (χ3n) is 3.37. The first-order chi connectivity index (χ1) is 10.6. The zero-order valence-electron chi connectivity index (χ0n) is 11.8. The molecule has 2 amide bonds. The number of aromatic nitrogens is 2. The molecule has 1 aliphatic rings. The minimum Gasteiger partial charge on any atom is -0.346 e. The van der Waals surface area contributed by atoms with Crippen molar-refractivity contribution in [2.45, 2.75) is 19.5 Å². The maximum atomic E-state index is 12.3. The minimum absolute atomic E-state index is 0.0249. The lowest BCUT2D eigenvalue weighted by Gasteiger charge is -2.21. The van der Waals surface area contributed by atoms with E-state index in [-0.39, 0.29) is 23.2 Å². The fraction of sp³-hybridized carbons (Fsp3) is 0.200. The molecule has 1 unspecified atom stereocenters. The van der Waals surface area contributed by atoms with Crippen LogP contribution in [0.2, 0.25) is 0 Å². The Labute approximate surface area is 126 Å². The molecule has 0 fully saturated rings. The number of carbonyl (C=O) groups excluding carboxylic acids is 2. The number of carbonyl (C=O) groups is 2. The molecule has 0 radical (unpaired) electrons. The summed E-state index contributed by atoms with van der Waals surface area (Å²) < 4.78 is 1.53. The Morgan fingerprint density at radius 2 is 2.36 bits per heavy atom. The normalized spacial score (nSPS) is 16.4. The summed E-state index contributed by atoms with van der Waals surface area (Å²) in [5, 5.41) is 18.4. The largest absolute Gasteiger partial charge is 0.346 e. The topological polar surface area (TPSA) is 99.8 Å². The van der Waals surface area contributed by atoms with Crippen LogP contribution in [0.5, 0.6) is 0 Å². The number of anilines is 1. The Bertz CT molecular complexity index is 803. The number of benzene rings is 1. The predicted molar refractivity (Wildman–Crippen MR) is 78.3 cm³/mol. The van der Waals surface area contributed by atoms with E-state index >= 15 is 0 Å². The number of hydrogen-bond acceptors (Lipinski definition) is 4. The van der Waals surface area contributed by atoms with Crippen LogP contribution < -0.4 is 10.6 Å². The quantitative estimate of drug-likeness (QED) is 0.867. The summed E-state index contributed by atoms with van der Waals surface area (Å²) in [6, 6.07) is 8.55. The first-order valence-electron chi connectivity index (χ1n) is 6.76. The molecule has 110 valence electrons. The van der Waals surface area contributed by atoms with E-state index in [4.69, 9.17) is 5.26 Å². The van der Waals surface area contributed by atoms with Crippen LogP contribution in [0.25, 0.3) is 0 Å². The third kappa shape index (κ3) is 2.42. The summed E-state index contributed by atoms with van der Waals surface area (Å²) in [5.74, 6) is -0.742. The zero-order valence-corrected chi connectivity index (χ0v) is 11.8. The van der Waals surface area contributed by atoms with Gasteiger partial charge in [0.15, 0.2) is 0 Å². The fourth-order valence-electron chi connectivity index (χ4n) is 2.39. The van der Waals surface area contributed by atoms with E-state index in [2.05, 4.69) is 15.7 Å². The van der Waals surface area contributed by atoms with Crippen molar-refractivity contribution in [2.24, 2.45) is 0 Å². The van der Waals surface area contributed by atoms with Crippen molar-refractivity contribution in [2.75, 3.05) is 5.32 Å². The van der Waals surface area contributed by atoms with Crippen molar-refractivity contribution in [1.29, 1.82) is 5.26 Å². The van der Waals surface area contributed by atoms with Crippen LogP contribution in [0.3, 0.4) is 0 Å². The number of hydrogen-bond donors (Lipinski definition) is 2. The highest BCUT2D eigenvalue weighted by atomic mass is 16.2. The smallest absolute Gasteiger partial charge is 0.270 e. The van der Waals surface area contributed by atoms with E-state index in [1.807, 2.05) is 13.0 Å². The van der Waals surface area contributed by atoms with E-state index in [1.54, 1.807) is 24.3 Å². The van der Waals surface area contributed by atoms with Gasteiger partial charge in [0.1, 0.15) is 5.69 Å². The molecule has 1 aliphatic heterocycles. The molecule has 1 atom stereocenters. The van der Waals surface area contributed by atoms with Gasteiger partial charge in [-0.1, -0.05) is 6.07 Å². The number of fused-ring (bicyclic) bond motifs is 1. The standard InChI is InChI=1S/C15H13N5O2/c1-9-8-20-13(15(22)18-9)12(7-17-20)14(21)19-11-4-2-3-10(5-11)6-16/h2-5,7,9H,8H2,1H3,(H,18,22)(H,19,21). The molecule has 2 heterocycles. The van der Waals surface area contributed by atoms with E-state index < -0.39 is 5.91 Å². The average Bonchev–Trinajstić information content (AvgIpc) is 2.91. The van der Waals surface area contributed by atoms with E-state index in [0.29, 0.717) is 17.8 Å². The Morgan fingerprint density at radius 3 is 3.14 bits per heavy atom. The van der Waals surface area contributed by atoms with Gasteiger partial charge in [0.25, 0.3) is 11.8 Å². The Balaban J connectivity index is 1.88. The van der Waals surface area contributed by atoms with Gasteiger partial charge in [-0.3, -0.25) is 14.3 Å². The van der Waals surface area contributed by atoms with E-state index in [0.717, 1.165) is 0 Å². The number of nitrogens with one attached hydrogen (secondary N) is 2. The Hall–Kier alpha value is -3.14. The maximum absolute atomic E-state index is 12.3. The molecular weight excluding hydrogens is 282 g/mol. The molecule has 2 N–H and O–H groups in total. The summed E-state index contributed by atoms with van der Waals surface area (Å²) in [7, 11) is 0. The molecule has 2 aromatic rings. The van der Waals surface area contributed by atoms with Crippen molar-refractivity contribution in [3.63, 3.8) is 0 Å². The summed E-state index contributed by atoms with van der Waals surface area (Å²) in [5.41, 5.74) is 1.41. The summed E-state index contributed by atoms with van der Waals surface area (Å²) in [6.45, 7) is 2.40. The highest BCUT2D eigenvalue weighted by molar-refractivity contribution is 6.11. The van der Waals surface area contributed by atoms with Gasteiger partial charge in [-0.25, -0.2) is 0 Å². The number of nitriles is 1. The van der Waals surface area contributed by atoms with Gasteiger partial charge < -0.3 is 10.6 Å². The van der Waals surface area contributed by atoms with Crippen molar-refractivity contribution in [3.8, 4) is 6.07 Å². The molecule has 1 aromatic heterocycles. The monoisotopic (exact) mass is 295 g/mol. The SMILES string of the molecule is CC1Cn2ncc(C(=O)Nc3cccc(C#N)c3)c2C(=O)N1. The summed E-state index contributed by atoms with van der Waals surface area (Å²) >= 11 is 0. The van der Waals surface area contributed by atoms with Crippen LogP contribution in [0.15, 0.2) is 30.5 Å². The molecule has 22 heavy (non-hydrogen) atoms. The van der Waals surface area contributed by atoms with Gasteiger partial charge in [-0.15, -0.1) is 0 Å². The van der Waals surface area contributed by atoms with Gasteiger partial charge in [-0.05, 0) is 25.1 Å². The van der Waals surface area contributed by atoms with Crippen LogP contribution in [-0.4, -0.2) is 27.6 Å². The Morgan fingerprint density at radius 1 is 1.55 bits per heavy atom. The second-order valence-corrected chi connectivity index (χ2v) is 5.11. The highest BCUT2D eigenvalue weighted by Crippen LogP contribution is 2.17. The summed E-state index contributed by atoms with van der Waals surface area (Å²) in [4.78, 5) is 24.4. The van der Waals surface area contributed by atoms with Gasteiger partial charge in [0, 0.05) is 11.7 Å². The molecule has 0 saturated carbocycles. The molecule has 0 saturated heterocycles. The first kappa shape index (κ1) is 13.8. The van der Waals surface area contributed by atoms with Gasteiger partial charge in [0.2, 0.25) is 0 Å². The Kier molecular flexibility index (Phi) is 3.35. The lowest BCUT2D eigenvalue weighted by molar-refractivity contribution is 0.0891. The first-order valence-corrected chi connectivity index (χ1v) is 6.76. The number of nitrogens with zero attached hydrogens (tertiary/aromatic N) is 3. The minimum atomic E-state index is -0.430. The molecule has 7 heteroatoms. The lowest BCUT2D eigenvalue weighted by Crippen LogP contribution is -2.43. The van der Waals surface area contributed by atoms with E-state index in [9.17, 15) is 9.59 Å². The predicted octanol–water partition coefficient (Wildman–Crippen LogP) is 1.14. The van der Waals surface area contributed by atoms with Gasteiger partial charge in [-0.2, -0.15) is 10.4 Å².